The molecule has 1 N–H and O–H groups in total. The molecule has 0 amide bonds. The predicted molar refractivity (Wildman–Crippen MR) is 35.6 cm³/mol. The van der Waals surface area contributed by atoms with Crippen molar-refractivity contribution in [2.75, 3.05) is 6.54 Å². The van der Waals surface area contributed by atoms with E-state index in [0.717, 1.165) is 6.04 Å². The Kier molecular flexibility index (Phi) is 2.34. The first-order valence-corrected chi connectivity index (χ1v) is 3.44. The van der Waals surface area contributed by atoms with Gasteiger partial charge in [-0.15, -0.1) is 0 Å². The summed E-state index contributed by atoms with van der Waals surface area (Å²) in [5.74, 6) is 0. The fourth-order valence-electron chi connectivity index (χ4n) is 1.24. The zero-order valence-electron chi connectivity index (χ0n) is 5.48. The molecule has 1 aliphatic rings. The summed E-state index contributed by atoms with van der Waals surface area (Å²) >= 11 is 0. The molecule has 1 atom stereocenters. The average molecular weight is 112 g/mol. The van der Waals surface area contributed by atoms with Crippen LogP contribution in [0.3, 0.4) is 0 Å². The van der Waals surface area contributed by atoms with Crippen LogP contribution >= 0.6 is 0 Å². The van der Waals surface area contributed by atoms with Crippen molar-refractivity contribution in [2.24, 2.45) is 0 Å². The van der Waals surface area contributed by atoms with E-state index in [4.69, 9.17) is 0 Å². The predicted octanol–water partition coefficient (Wildman–Crippen LogP) is 1.35. The van der Waals surface area contributed by atoms with Crippen molar-refractivity contribution in [3.63, 3.8) is 0 Å². The number of rotatable bonds is 2. The van der Waals surface area contributed by atoms with Gasteiger partial charge in [-0.05, 0) is 32.2 Å². The van der Waals surface area contributed by atoms with Crippen LogP contribution in [-0.4, -0.2) is 12.6 Å². The topological polar surface area (TPSA) is 12.0 Å². The van der Waals surface area contributed by atoms with Gasteiger partial charge in [-0.2, -0.15) is 0 Å². The second-order valence-corrected chi connectivity index (χ2v) is 2.44. The highest BCUT2D eigenvalue weighted by atomic mass is 14.9. The zero-order valence-corrected chi connectivity index (χ0v) is 5.48. The van der Waals surface area contributed by atoms with Gasteiger partial charge in [0.25, 0.3) is 0 Å². The van der Waals surface area contributed by atoms with Crippen molar-refractivity contribution in [3.8, 4) is 0 Å². The third-order valence-corrected chi connectivity index (χ3v) is 1.68. The molecule has 0 bridgehead atoms. The van der Waals surface area contributed by atoms with Crippen LogP contribution in [0, 0.1) is 6.42 Å². The molecule has 0 saturated carbocycles. The Bertz CT molecular complexity index is 55.4. The number of hydrogen-bond acceptors (Lipinski definition) is 1. The van der Waals surface area contributed by atoms with Gasteiger partial charge >= 0.3 is 0 Å². The van der Waals surface area contributed by atoms with Crippen LogP contribution in [0.4, 0.5) is 0 Å². The molecule has 0 aromatic heterocycles. The van der Waals surface area contributed by atoms with E-state index in [0.29, 0.717) is 0 Å². The molecule has 1 nitrogen and oxygen atoms in total. The van der Waals surface area contributed by atoms with Gasteiger partial charge in [0.2, 0.25) is 0 Å². The van der Waals surface area contributed by atoms with Crippen LogP contribution in [0.1, 0.15) is 26.2 Å². The smallest absolute Gasteiger partial charge is 0.00701 e. The SMILES string of the molecule is C[CH]CC1CCCN1. The highest BCUT2D eigenvalue weighted by Gasteiger charge is 2.11. The Morgan fingerprint density at radius 3 is 3.12 bits per heavy atom. The maximum Gasteiger partial charge on any atom is 0.00701 e. The molecular formula is C7H14N. The van der Waals surface area contributed by atoms with Crippen molar-refractivity contribution >= 4 is 0 Å². The minimum Gasteiger partial charge on any atom is -0.314 e. The molecule has 1 saturated heterocycles. The molecule has 1 heteroatoms. The largest absolute Gasteiger partial charge is 0.314 e. The monoisotopic (exact) mass is 112 g/mol. The van der Waals surface area contributed by atoms with Crippen molar-refractivity contribution in [2.45, 2.75) is 32.2 Å². The first-order valence-electron chi connectivity index (χ1n) is 3.44. The molecule has 1 heterocycles. The molecular weight excluding hydrogens is 98.1 g/mol. The summed E-state index contributed by atoms with van der Waals surface area (Å²) in [7, 11) is 0. The molecule has 47 valence electrons. The first kappa shape index (κ1) is 6.09. The number of hydrogen-bond donors (Lipinski definition) is 1. The Hall–Kier alpha value is -0.0400. The maximum atomic E-state index is 3.43. The highest BCUT2D eigenvalue weighted by molar-refractivity contribution is 4.77. The lowest BCUT2D eigenvalue weighted by atomic mass is 10.1. The van der Waals surface area contributed by atoms with Gasteiger partial charge < -0.3 is 5.32 Å². The Balaban J connectivity index is 2.06. The van der Waals surface area contributed by atoms with Crippen molar-refractivity contribution in [1.29, 1.82) is 0 Å². The van der Waals surface area contributed by atoms with Crippen molar-refractivity contribution in [1.82, 2.24) is 5.32 Å². The molecule has 1 fully saturated rings. The van der Waals surface area contributed by atoms with Crippen LogP contribution in [-0.2, 0) is 0 Å². The van der Waals surface area contributed by atoms with E-state index in [1.54, 1.807) is 0 Å². The van der Waals surface area contributed by atoms with Crippen LogP contribution in [0.2, 0.25) is 0 Å². The van der Waals surface area contributed by atoms with E-state index in [1.807, 2.05) is 0 Å². The fourth-order valence-corrected chi connectivity index (χ4v) is 1.24. The molecule has 0 spiro atoms. The summed E-state index contributed by atoms with van der Waals surface area (Å²) in [6.45, 7) is 3.36. The molecule has 0 aromatic rings. The quantitative estimate of drug-likeness (QED) is 0.568. The van der Waals surface area contributed by atoms with Gasteiger partial charge in [-0.25, -0.2) is 0 Å². The number of nitrogens with one attached hydrogen (secondary N) is 1. The van der Waals surface area contributed by atoms with Crippen LogP contribution in [0.15, 0.2) is 0 Å². The molecule has 1 rings (SSSR count). The van der Waals surface area contributed by atoms with Gasteiger partial charge in [0.15, 0.2) is 0 Å². The second-order valence-electron chi connectivity index (χ2n) is 2.44. The fraction of sp³-hybridized carbons (Fsp3) is 0.857. The zero-order chi connectivity index (χ0) is 5.82. The van der Waals surface area contributed by atoms with Crippen LogP contribution in [0.5, 0.6) is 0 Å². The minimum absolute atomic E-state index is 0.806. The van der Waals surface area contributed by atoms with Crippen molar-refractivity contribution in [3.05, 3.63) is 6.42 Å². The average Bonchev–Trinajstić information content (AvgIpc) is 2.19. The van der Waals surface area contributed by atoms with Crippen LogP contribution in [0.25, 0.3) is 0 Å². The van der Waals surface area contributed by atoms with E-state index in [-0.39, 0.29) is 0 Å². The standard InChI is InChI=1S/C7H14N/c1-2-4-7-5-3-6-8-7/h2,7-8H,3-6H2,1H3. The third kappa shape index (κ3) is 1.48. The summed E-state index contributed by atoms with van der Waals surface area (Å²) in [5, 5.41) is 3.43. The summed E-state index contributed by atoms with van der Waals surface area (Å²) in [5.41, 5.74) is 0. The molecule has 8 heavy (non-hydrogen) atoms. The normalized spacial score (nSPS) is 28.9. The Morgan fingerprint density at radius 1 is 1.75 bits per heavy atom. The van der Waals surface area contributed by atoms with Gasteiger partial charge in [-0.1, -0.05) is 6.92 Å². The molecule has 1 radical (unpaired) electrons. The van der Waals surface area contributed by atoms with Crippen molar-refractivity contribution < 1.29 is 0 Å². The molecule has 1 aliphatic heterocycles. The lowest BCUT2D eigenvalue weighted by Gasteiger charge is -2.05. The Labute approximate surface area is 51.5 Å². The molecule has 0 aliphatic carbocycles. The molecule has 1 unspecified atom stereocenters. The lowest BCUT2D eigenvalue weighted by molar-refractivity contribution is 0.597. The first-order chi connectivity index (χ1) is 3.93. The minimum atomic E-state index is 0.806. The summed E-state index contributed by atoms with van der Waals surface area (Å²) < 4.78 is 0. The summed E-state index contributed by atoms with van der Waals surface area (Å²) in [4.78, 5) is 0. The highest BCUT2D eigenvalue weighted by Crippen LogP contribution is 2.08. The third-order valence-electron chi connectivity index (χ3n) is 1.68. The van der Waals surface area contributed by atoms with Gasteiger partial charge in [0.1, 0.15) is 0 Å². The van der Waals surface area contributed by atoms with E-state index in [2.05, 4.69) is 18.7 Å². The summed E-state index contributed by atoms with van der Waals surface area (Å²) in [6.07, 6.45) is 6.24. The van der Waals surface area contributed by atoms with Gasteiger partial charge in [0.05, 0.1) is 0 Å². The van der Waals surface area contributed by atoms with E-state index in [1.165, 1.54) is 25.8 Å². The second kappa shape index (κ2) is 3.08. The summed E-state index contributed by atoms with van der Waals surface area (Å²) in [6, 6.07) is 0.806. The van der Waals surface area contributed by atoms with Crippen LogP contribution < -0.4 is 5.32 Å². The van der Waals surface area contributed by atoms with Gasteiger partial charge in [0, 0.05) is 6.04 Å². The van der Waals surface area contributed by atoms with E-state index >= 15 is 0 Å². The van der Waals surface area contributed by atoms with E-state index < -0.39 is 0 Å². The van der Waals surface area contributed by atoms with E-state index in [9.17, 15) is 0 Å². The lowest BCUT2D eigenvalue weighted by Crippen LogP contribution is -2.20. The Morgan fingerprint density at radius 2 is 2.62 bits per heavy atom. The maximum absolute atomic E-state index is 3.43. The van der Waals surface area contributed by atoms with Gasteiger partial charge in [-0.3, -0.25) is 0 Å². The molecule has 0 aromatic carbocycles.